The molecule has 0 radical (unpaired) electrons. The Labute approximate surface area is 159 Å². The number of aromatic nitrogens is 2. The molecule has 0 aliphatic rings. The fourth-order valence-corrected chi connectivity index (χ4v) is 4.54. The Morgan fingerprint density at radius 2 is 1.56 bits per heavy atom. The van der Waals surface area contributed by atoms with E-state index in [1.165, 1.54) is 22.5 Å². The van der Waals surface area contributed by atoms with E-state index in [-0.39, 0.29) is 5.91 Å². The number of hydrogen-bond acceptors (Lipinski definition) is 6. The smallest absolute Gasteiger partial charge is 0.236 e. The van der Waals surface area contributed by atoms with Gasteiger partial charge in [0.25, 0.3) is 0 Å². The molecule has 0 bridgehead atoms. The zero-order valence-electron chi connectivity index (χ0n) is 13.4. The van der Waals surface area contributed by atoms with Crippen LogP contribution in [0.1, 0.15) is 11.1 Å². The van der Waals surface area contributed by atoms with E-state index in [9.17, 15) is 4.79 Å². The van der Waals surface area contributed by atoms with E-state index in [1.54, 1.807) is 23.5 Å². The second kappa shape index (κ2) is 9.60. The predicted molar refractivity (Wildman–Crippen MR) is 107 cm³/mol. The first-order valence-corrected chi connectivity index (χ1v) is 10.7. The first-order chi connectivity index (χ1) is 12.3. The second-order valence-electron chi connectivity index (χ2n) is 5.17. The number of hydrogen-bond donors (Lipinski definition) is 1. The maximum Gasteiger partial charge on any atom is 0.236 e. The van der Waals surface area contributed by atoms with Gasteiger partial charge in [0.05, 0.1) is 5.75 Å². The van der Waals surface area contributed by atoms with E-state index in [1.807, 2.05) is 36.4 Å². The van der Waals surface area contributed by atoms with Crippen molar-refractivity contribution < 1.29 is 4.79 Å². The normalized spacial score (nSPS) is 10.6. The quantitative estimate of drug-likeness (QED) is 0.448. The summed E-state index contributed by atoms with van der Waals surface area (Å²) in [5.74, 6) is 2.02. The van der Waals surface area contributed by atoms with Crippen molar-refractivity contribution in [2.24, 2.45) is 0 Å². The lowest BCUT2D eigenvalue weighted by Gasteiger charge is -2.02. The molecule has 0 saturated heterocycles. The van der Waals surface area contributed by atoms with E-state index in [0.29, 0.717) is 10.9 Å². The number of carbonyl (C=O) groups is 1. The summed E-state index contributed by atoms with van der Waals surface area (Å²) in [5.41, 5.74) is 2.46. The third kappa shape index (κ3) is 6.19. The molecular weight excluding hydrogens is 370 g/mol. The molecule has 3 rings (SSSR count). The minimum Gasteiger partial charge on any atom is -0.300 e. The predicted octanol–water partition coefficient (Wildman–Crippen LogP) is 4.70. The fraction of sp³-hybridized carbons (Fsp3) is 0.167. The zero-order chi connectivity index (χ0) is 17.3. The molecule has 3 aromatic rings. The molecule has 1 heterocycles. The SMILES string of the molecule is O=C(CSCc1ccccc1)Nc1nnc(SCc2ccccc2)s1. The van der Waals surface area contributed by atoms with Gasteiger partial charge in [-0.25, -0.2) is 0 Å². The molecule has 0 unspecified atom stereocenters. The first kappa shape index (κ1) is 18.0. The molecule has 0 spiro atoms. The largest absolute Gasteiger partial charge is 0.300 e. The number of thioether (sulfide) groups is 2. The Balaban J connectivity index is 1.40. The first-order valence-electron chi connectivity index (χ1n) is 7.71. The molecule has 2 aromatic carbocycles. The van der Waals surface area contributed by atoms with Crippen LogP contribution in [0.4, 0.5) is 5.13 Å². The molecule has 1 N–H and O–H groups in total. The van der Waals surface area contributed by atoms with Crippen molar-refractivity contribution in [1.82, 2.24) is 10.2 Å². The van der Waals surface area contributed by atoms with Crippen LogP contribution in [0.25, 0.3) is 0 Å². The number of carbonyl (C=O) groups excluding carboxylic acids is 1. The Morgan fingerprint density at radius 3 is 2.24 bits per heavy atom. The number of benzene rings is 2. The number of anilines is 1. The fourth-order valence-electron chi connectivity index (χ4n) is 2.03. The van der Waals surface area contributed by atoms with Crippen LogP contribution in [0, 0.1) is 0 Å². The summed E-state index contributed by atoms with van der Waals surface area (Å²) in [4.78, 5) is 12.0. The number of amides is 1. The molecule has 7 heteroatoms. The topological polar surface area (TPSA) is 54.9 Å². The van der Waals surface area contributed by atoms with Gasteiger partial charge in [0, 0.05) is 11.5 Å². The monoisotopic (exact) mass is 387 g/mol. The average molecular weight is 388 g/mol. The van der Waals surface area contributed by atoms with Crippen molar-refractivity contribution in [3.05, 3.63) is 71.8 Å². The summed E-state index contributed by atoms with van der Waals surface area (Å²) in [6.07, 6.45) is 0. The molecule has 0 aliphatic carbocycles. The Bertz CT molecular complexity index is 794. The minimum absolute atomic E-state index is 0.0447. The lowest BCUT2D eigenvalue weighted by Crippen LogP contribution is -2.13. The van der Waals surface area contributed by atoms with Crippen LogP contribution in [0.15, 0.2) is 65.0 Å². The zero-order valence-corrected chi connectivity index (χ0v) is 15.9. The third-order valence-electron chi connectivity index (χ3n) is 3.20. The number of nitrogens with zero attached hydrogens (tertiary/aromatic N) is 2. The van der Waals surface area contributed by atoms with Crippen LogP contribution < -0.4 is 5.32 Å². The summed E-state index contributed by atoms with van der Waals surface area (Å²) in [6.45, 7) is 0. The van der Waals surface area contributed by atoms with Gasteiger partial charge in [0.2, 0.25) is 11.0 Å². The van der Waals surface area contributed by atoms with Crippen molar-refractivity contribution >= 4 is 45.9 Å². The minimum atomic E-state index is -0.0447. The van der Waals surface area contributed by atoms with Crippen molar-refractivity contribution in [1.29, 1.82) is 0 Å². The standard InChI is InChI=1S/C18H17N3OS3/c22-16(13-23-11-14-7-3-1-4-8-14)19-17-20-21-18(25-17)24-12-15-9-5-2-6-10-15/h1-10H,11-13H2,(H,19,20,22). The van der Waals surface area contributed by atoms with Crippen molar-refractivity contribution in [2.75, 3.05) is 11.1 Å². The van der Waals surface area contributed by atoms with Crippen LogP contribution in [0.3, 0.4) is 0 Å². The summed E-state index contributed by atoms with van der Waals surface area (Å²) >= 11 is 4.62. The Hall–Kier alpha value is -1.83. The van der Waals surface area contributed by atoms with Gasteiger partial charge in [-0.05, 0) is 11.1 Å². The number of rotatable bonds is 8. The molecule has 0 saturated carbocycles. The molecule has 128 valence electrons. The molecular formula is C18H17N3OS3. The van der Waals surface area contributed by atoms with Crippen molar-refractivity contribution in [3.63, 3.8) is 0 Å². The molecule has 25 heavy (non-hydrogen) atoms. The van der Waals surface area contributed by atoms with Crippen molar-refractivity contribution in [3.8, 4) is 0 Å². The van der Waals surface area contributed by atoms with Gasteiger partial charge in [0.1, 0.15) is 0 Å². The third-order valence-corrected chi connectivity index (χ3v) is 6.25. The summed E-state index contributed by atoms with van der Waals surface area (Å²) in [7, 11) is 0. The van der Waals surface area contributed by atoms with Crippen LogP contribution in [-0.2, 0) is 16.3 Å². The van der Waals surface area contributed by atoms with Gasteiger partial charge in [-0.1, -0.05) is 83.8 Å². The summed E-state index contributed by atoms with van der Waals surface area (Å²) in [5, 5.41) is 11.5. The highest BCUT2D eigenvalue weighted by atomic mass is 32.2. The van der Waals surface area contributed by atoms with Crippen molar-refractivity contribution in [2.45, 2.75) is 15.8 Å². The lowest BCUT2D eigenvalue weighted by molar-refractivity contribution is -0.113. The van der Waals surface area contributed by atoms with Gasteiger partial charge in [0.15, 0.2) is 4.34 Å². The Kier molecular flexibility index (Phi) is 6.90. The maximum atomic E-state index is 12.0. The summed E-state index contributed by atoms with van der Waals surface area (Å²) in [6, 6.07) is 20.3. The molecule has 0 atom stereocenters. The van der Waals surface area contributed by atoms with Gasteiger partial charge in [-0.15, -0.1) is 22.0 Å². The van der Waals surface area contributed by atoms with Crippen LogP contribution in [0.2, 0.25) is 0 Å². The maximum absolute atomic E-state index is 12.0. The van der Waals surface area contributed by atoms with Gasteiger partial charge >= 0.3 is 0 Å². The number of nitrogens with one attached hydrogen (secondary N) is 1. The van der Waals surface area contributed by atoms with Crippen LogP contribution in [0.5, 0.6) is 0 Å². The van der Waals surface area contributed by atoms with Gasteiger partial charge in [-0.3, -0.25) is 10.1 Å². The second-order valence-corrected chi connectivity index (χ2v) is 8.36. The molecule has 1 aromatic heterocycles. The molecule has 0 aliphatic heterocycles. The lowest BCUT2D eigenvalue weighted by atomic mass is 10.2. The van der Waals surface area contributed by atoms with Gasteiger partial charge < -0.3 is 0 Å². The molecule has 1 amide bonds. The Morgan fingerprint density at radius 1 is 0.920 bits per heavy atom. The van der Waals surface area contributed by atoms with Gasteiger partial charge in [-0.2, -0.15) is 0 Å². The molecule has 0 fully saturated rings. The highest BCUT2D eigenvalue weighted by molar-refractivity contribution is 8.00. The van der Waals surface area contributed by atoms with E-state index in [2.05, 4.69) is 39.8 Å². The van der Waals surface area contributed by atoms with E-state index in [4.69, 9.17) is 0 Å². The average Bonchev–Trinajstić information content (AvgIpc) is 3.09. The van der Waals surface area contributed by atoms with Crippen LogP contribution in [-0.4, -0.2) is 21.9 Å². The van der Waals surface area contributed by atoms with E-state index >= 15 is 0 Å². The van der Waals surface area contributed by atoms with E-state index < -0.39 is 0 Å². The molecule has 4 nitrogen and oxygen atoms in total. The summed E-state index contributed by atoms with van der Waals surface area (Å²) < 4.78 is 0.857. The highest BCUT2D eigenvalue weighted by Gasteiger charge is 2.09. The highest BCUT2D eigenvalue weighted by Crippen LogP contribution is 2.28. The van der Waals surface area contributed by atoms with Crippen LogP contribution >= 0.6 is 34.9 Å². The van der Waals surface area contributed by atoms with E-state index in [0.717, 1.165) is 15.8 Å².